The van der Waals surface area contributed by atoms with E-state index in [2.05, 4.69) is 5.32 Å². The summed E-state index contributed by atoms with van der Waals surface area (Å²) in [5.74, 6) is -2.14. The molecule has 150 valence electrons. The standard InChI is InChI=1S/C21H19ClN2O5/c1-13(25)14-4-2-6-17(8-14)23-19(26)12-29-21(28)15-9-20(27)24(11-15)18-7-3-5-16(22)10-18/h2-8,10,15H,9,11-12H2,1H3,(H,23,26)/t15-/m1/s1. The Balaban J connectivity index is 1.53. The molecule has 0 aromatic heterocycles. The first kappa shape index (κ1) is 20.5. The van der Waals surface area contributed by atoms with Crippen molar-refractivity contribution in [1.29, 1.82) is 0 Å². The van der Waals surface area contributed by atoms with Crippen molar-refractivity contribution in [1.82, 2.24) is 0 Å². The van der Waals surface area contributed by atoms with E-state index in [4.69, 9.17) is 16.3 Å². The van der Waals surface area contributed by atoms with Gasteiger partial charge in [0, 0.05) is 34.9 Å². The molecular weight excluding hydrogens is 396 g/mol. The summed E-state index contributed by atoms with van der Waals surface area (Å²) >= 11 is 5.96. The topological polar surface area (TPSA) is 92.8 Å². The molecule has 7 nitrogen and oxygen atoms in total. The Labute approximate surface area is 172 Å². The number of hydrogen-bond donors (Lipinski definition) is 1. The molecule has 0 spiro atoms. The summed E-state index contributed by atoms with van der Waals surface area (Å²) in [5, 5.41) is 3.06. The van der Waals surface area contributed by atoms with Crippen LogP contribution in [0.5, 0.6) is 0 Å². The van der Waals surface area contributed by atoms with Crippen LogP contribution in [0.4, 0.5) is 11.4 Å². The number of ketones is 1. The van der Waals surface area contributed by atoms with Gasteiger partial charge >= 0.3 is 5.97 Å². The number of amides is 2. The van der Waals surface area contributed by atoms with Gasteiger partial charge in [-0.15, -0.1) is 0 Å². The summed E-state index contributed by atoms with van der Waals surface area (Å²) < 4.78 is 5.07. The van der Waals surface area contributed by atoms with Crippen LogP contribution in [0.15, 0.2) is 48.5 Å². The van der Waals surface area contributed by atoms with Gasteiger partial charge in [-0.25, -0.2) is 0 Å². The molecule has 1 aliphatic rings. The lowest BCUT2D eigenvalue weighted by Gasteiger charge is -2.16. The molecule has 2 amide bonds. The van der Waals surface area contributed by atoms with Crippen LogP contribution in [-0.4, -0.2) is 36.7 Å². The van der Waals surface area contributed by atoms with Crippen LogP contribution in [0, 0.1) is 5.92 Å². The smallest absolute Gasteiger partial charge is 0.311 e. The van der Waals surface area contributed by atoms with E-state index in [1.807, 2.05) is 0 Å². The monoisotopic (exact) mass is 414 g/mol. The third kappa shape index (κ3) is 5.20. The van der Waals surface area contributed by atoms with Crippen LogP contribution in [0.1, 0.15) is 23.7 Å². The van der Waals surface area contributed by atoms with Crippen molar-refractivity contribution in [2.75, 3.05) is 23.4 Å². The van der Waals surface area contributed by atoms with E-state index in [1.165, 1.54) is 11.8 Å². The Morgan fingerprint density at radius 2 is 1.93 bits per heavy atom. The Morgan fingerprint density at radius 3 is 2.66 bits per heavy atom. The summed E-state index contributed by atoms with van der Waals surface area (Å²) in [6.45, 7) is 1.11. The van der Waals surface area contributed by atoms with Gasteiger partial charge in [0.2, 0.25) is 5.91 Å². The third-order valence-electron chi connectivity index (χ3n) is 4.48. The molecule has 1 N–H and O–H groups in total. The molecule has 1 fully saturated rings. The van der Waals surface area contributed by atoms with E-state index in [9.17, 15) is 19.2 Å². The molecule has 2 aromatic rings. The van der Waals surface area contributed by atoms with Crippen LogP contribution in [0.2, 0.25) is 5.02 Å². The van der Waals surface area contributed by atoms with Crippen LogP contribution in [0.25, 0.3) is 0 Å². The first-order chi connectivity index (χ1) is 13.8. The number of nitrogens with one attached hydrogen (secondary N) is 1. The minimum absolute atomic E-state index is 0.00756. The lowest BCUT2D eigenvalue weighted by molar-refractivity contribution is -0.151. The number of halogens is 1. The summed E-state index contributed by atoms with van der Waals surface area (Å²) in [7, 11) is 0. The second-order valence-electron chi connectivity index (χ2n) is 6.68. The van der Waals surface area contributed by atoms with Crippen molar-refractivity contribution in [2.24, 2.45) is 5.92 Å². The highest BCUT2D eigenvalue weighted by molar-refractivity contribution is 6.31. The zero-order chi connectivity index (χ0) is 21.0. The molecule has 1 heterocycles. The molecule has 0 saturated carbocycles. The normalized spacial score (nSPS) is 15.9. The second-order valence-corrected chi connectivity index (χ2v) is 7.11. The van der Waals surface area contributed by atoms with Crippen molar-refractivity contribution < 1.29 is 23.9 Å². The second kappa shape index (κ2) is 8.87. The maximum absolute atomic E-state index is 12.3. The van der Waals surface area contributed by atoms with Crippen molar-refractivity contribution in [3.63, 3.8) is 0 Å². The average Bonchev–Trinajstić information content (AvgIpc) is 3.08. The molecule has 0 radical (unpaired) electrons. The number of rotatable bonds is 6. The Morgan fingerprint density at radius 1 is 1.17 bits per heavy atom. The summed E-state index contributed by atoms with van der Waals surface area (Å²) in [5.41, 5.74) is 1.51. The number of Topliss-reactive ketones (excluding diaryl/α,β-unsaturated/α-hetero) is 1. The molecule has 1 aliphatic heterocycles. The SMILES string of the molecule is CC(=O)c1cccc(NC(=O)COC(=O)[C@@H]2CC(=O)N(c3cccc(Cl)c3)C2)c1. The molecule has 2 aromatic carbocycles. The minimum Gasteiger partial charge on any atom is -0.455 e. The maximum Gasteiger partial charge on any atom is 0.311 e. The van der Waals surface area contributed by atoms with Gasteiger partial charge in [0.05, 0.1) is 5.92 Å². The number of hydrogen-bond acceptors (Lipinski definition) is 5. The van der Waals surface area contributed by atoms with Crippen LogP contribution >= 0.6 is 11.6 Å². The molecule has 1 saturated heterocycles. The zero-order valence-electron chi connectivity index (χ0n) is 15.7. The molecule has 0 aliphatic carbocycles. The van der Waals surface area contributed by atoms with E-state index in [1.54, 1.807) is 48.5 Å². The number of benzene rings is 2. The van der Waals surface area contributed by atoms with Gasteiger partial charge in [-0.1, -0.05) is 29.8 Å². The molecule has 1 atom stereocenters. The van der Waals surface area contributed by atoms with E-state index in [0.29, 0.717) is 22.0 Å². The lowest BCUT2D eigenvalue weighted by Crippen LogP contribution is -2.28. The van der Waals surface area contributed by atoms with Crippen molar-refractivity contribution >= 4 is 46.5 Å². The van der Waals surface area contributed by atoms with E-state index in [0.717, 1.165) is 0 Å². The fourth-order valence-electron chi connectivity index (χ4n) is 3.03. The predicted octanol–water partition coefficient (Wildman–Crippen LogP) is 3.08. The van der Waals surface area contributed by atoms with Gasteiger partial charge in [-0.3, -0.25) is 19.2 Å². The van der Waals surface area contributed by atoms with Gasteiger partial charge in [0.25, 0.3) is 5.91 Å². The van der Waals surface area contributed by atoms with Crippen LogP contribution in [-0.2, 0) is 19.1 Å². The predicted molar refractivity (Wildman–Crippen MR) is 108 cm³/mol. The summed E-state index contributed by atoms with van der Waals surface area (Å²) in [4.78, 5) is 49.4. The number of ether oxygens (including phenoxy) is 1. The minimum atomic E-state index is -0.657. The van der Waals surface area contributed by atoms with E-state index < -0.39 is 24.4 Å². The molecule has 0 bridgehead atoms. The first-order valence-corrected chi connectivity index (χ1v) is 9.34. The summed E-state index contributed by atoms with van der Waals surface area (Å²) in [6.07, 6.45) is 0.00756. The highest BCUT2D eigenvalue weighted by Crippen LogP contribution is 2.27. The quantitative estimate of drug-likeness (QED) is 0.579. The van der Waals surface area contributed by atoms with Gasteiger partial charge in [-0.05, 0) is 37.3 Å². The number of nitrogens with zero attached hydrogens (tertiary/aromatic N) is 1. The molecular formula is C21H19ClN2O5. The van der Waals surface area contributed by atoms with E-state index in [-0.39, 0.29) is 24.7 Å². The maximum atomic E-state index is 12.3. The largest absolute Gasteiger partial charge is 0.455 e. The van der Waals surface area contributed by atoms with Gasteiger partial charge in [-0.2, -0.15) is 0 Å². The van der Waals surface area contributed by atoms with Crippen LogP contribution < -0.4 is 10.2 Å². The average molecular weight is 415 g/mol. The molecule has 3 rings (SSSR count). The fourth-order valence-corrected chi connectivity index (χ4v) is 3.21. The highest BCUT2D eigenvalue weighted by atomic mass is 35.5. The molecule has 29 heavy (non-hydrogen) atoms. The van der Waals surface area contributed by atoms with Gasteiger partial charge in [0.15, 0.2) is 12.4 Å². The Hall–Kier alpha value is -3.19. The van der Waals surface area contributed by atoms with Crippen molar-refractivity contribution in [3.8, 4) is 0 Å². The Bertz CT molecular complexity index is 975. The first-order valence-electron chi connectivity index (χ1n) is 8.97. The number of carbonyl (C=O) groups is 4. The number of anilines is 2. The van der Waals surface area contributed by atoms with Gasteiger partial charge < -0.3 is 15.0 Å². The number of carbonyl (C=O) groups excluding carboxylic acids is 4. The van der Waals surface area contributed by atoms with Crippen LogP contribution in [0.3, 0.4) is 0 Å². The lowest BCUT2D eigenvalue weighted by atomic mass is 10.1. The summed E-state index contributed by atoms with van der Waals surface area (Å²) in [6, 6.07) is 13.3. The van der Waals surface area contributed by atoms with Crippen molar-refractivity contribution in [3.05, 3.63) is 59.1 Å². The zero-order valence-corrected chi connectivity index (χ0v) is 16.4. The van der Waals surface area contributed by atoms with E-state index >= 15 is 0 Å². The molecule has 8 heteroatoms. The number of esters is 1. The molecule has 0 unspecified atom stereocenters. The van der Waals surface area contributed by atoms with Gasteiger partial charge in [0.1, 0.15) is 0 Å². The Kier molecular flexibility index (Phi) is 6.29. The fraction of sp³-hybridized carbons (Fsp3) is 0.238. The highest BCUT2D eigenvalue weighted by Gasteiger charge is 2.36. The third-order valence-corrected chi connectivity index (χ3v) is 4.71. The van der Waals surface area contributed by atoms with Crippen molar-refractivity contribution in [2.45, 2.75) is 13.3 Å².